The Morgan fingerprint density at radius 3 is 2.60 bits per heavy atom. The van der Waals surface area contributed by atoms with E-state index in [2.05, 4.69) is 4.98 Å². The molecule has 1 aliphatic rings. The van der Waals surface area contributed by atoms with Crippen LogP contribution in [0.2, 0.25) is 0 Å². The first-order chi connectivity index (χ1) is 11.8. The fraction of sp³-hybridized carbons (Fsp3) is 0.625. The first kappa shape index (κ1) is 18.9. The Morgan fingerprint density at radius 1 is 1.28 bits per heavy atom. The molecule has 138 valence electrons. The predicted molar refractivity (Wildman–Crippen MR) is 86.0 cm³/mol. The summed E-state index contributed by atoms with van der Waals surface area (Å²) in [5, 5.41) is 0. The highest BCUT2D eigenvalue weighted by molar-refractivity contribution is 5.69. The van der Waals surface area contributed by atoms with Crippen molar-refractivity contribution in [3.05, 3.63) is 32.6 Å². The van der Waals surface area contributed by atoms with Gasteiger partial charge in [-0.3, -0.25) is 23.9 Å². The minimum absolute atomic E-state index is 0.0814. The van der Waals surface area contributed by atoms with Crippen molar-refractivity contribution in [3.63, 3.8) is 0 Å². The number of aryl methyl sites for hydroxylation is 1. The Balaban J connectivity index is 2.20. The van der Waals surface area contributed by atoms with Crippen molar-refractivity contribution in [2.24, 2.45) is 0 Å². The average molecular weight is 354 g/mol. The van der Waals surface area contributed by atoms with Crippen molar-refractivity contribution >= 4 is 11.9 Å². The van der Waals surface area contributed by atoms with Gasteiger partial charge in [-0.05, 0) is 6.92 Å². The van der Waals surface area contributed by atoms with Crippen LogP contribution in [0.15, 0.2) is 15.8 Å². The molecule has 9 nitrogen and oxygen atoms in total. The molecule has 9 heteroatoms. The highest BCUT2D eigenvalue weighted by Crippen LogP contribution is 2.30. The molecule has 1 N–H and O–H groups in total. The van der Waals surface area contributed by atoms with Gasteiger partial charge in [-0.2, -0.15) is 0 Å². The van der Waals surface area contributed by atoms with Gasteiger partial charge >= 0.3 is 17.6 Å². The van der Waals surface area contributed by atoms with Gasteiger partial charge < -0.3 is 14.2 Å². The van der Waals surface area contributed by atoms with Gasteiger partial charge in [0.25, 0.3) is 5.56 Å². The minimum Gasteiger partial charge on any atom is -0.463 e. The Hall–Kier alpha value is -2.42. The summed E-state index contributed by atoms with van der Waals surface area (Å²) in [6.45, 7) is 4.82. The molecular weight excluding hydrogens is 332 g/mol. The molecule has 0 aromatic carbocycles. The second-order valence-electron chi connectivity index (χ2n) is 5.76. The molecule has 0 aliphatic carbocycles. The van der Waals surface area contributed by atoms with E-state index in [1.807, 2.05) is 0 Å². The molecule has 0 amide bonds. The van der Waals surface area contributed by atoms with Gasteiger partial charge in [0.2, 0.25) is 0 Å². The molecule has 1 aliphatic heterocycles. The Labute approximate surface area is 143 Å². The maximum absolute atomic E-state index is 12.0. The third-order valence-electron chi connectivity index (χ3n) is 3.91. The lowest BCUT2D eigenvalue weighted by Crippen LogP contribution is -2.33. The zero-order valence-electron chi connectivity index (χ0n) is 14.4. The van der Waals surface area contributed by atoms with E-state index in [-0.39, 0.29) is 25.9 Å². The van der Waals surface area contributed by atoms with Crippen molar-refractivity contribution in [2.75, 3.05) is 6.61 Å². The number of ether oxygens (including phenoxy) is 3. The summed E-state index contributed by atoms with van der Waals surface area (Å²) in [5.41, 5.74) is -0.736. The molecule has 0 radical (unpaired) electrons. The van der Waals surface area contributed by atoms with E-state index >= 15 is 0 Å². The normalized spacial score (nSPS) is 22.6. The zero-order valence-corrected chi connectivity index (χ0v) is 14.4. The molecule has 2 heterocycles. The van der Waals surface area contributed by atoms with Crippen LogP contribution in [0.25, 0.3) is 0 Å². The number of nitrogens with one attached hydrogen (secondary N) is 1. The van der Waals surface area contributed by atoms with Crippen molar-refractivity contribution in [1.29, 1.82) is 0 Å². The van der Waals surface area contributed by atoms with Gasteiger partial charge in [0.1, 0.15) is 25.0 Å². The second-order valence-corrected chi connectivity index (χ2v) is 5.76. The van der Waals surface area contributed by atoms with Gasteiger partial charge in [-0.15, -0.1) is 0 Å². The minimum atomic E-state index is -0.733. The molecule has 0 unspecified atom stereocenters. The quantitative estimate of drug-likeness (QED) is 0.735. The number of nitrogens with zero attached hydrogens (tertiary/aromatic N) is 1. The number of carbonyl (C=O) groups is 2. The number of rotatable bonds is 6. The molecule has 1 saturated heterocycles. The number of H-pyrrole nitrogens is 1. The number of hydrogen-bond acceptors (Lipinski definition) is 7. The standard InChI is InChI=1S/C16H22N2O7/c1-4-13(19)23-8-11-10(25-14(20)5-2)6-12(24-11)18-7-9(3)15(21)17-16(18)22/h7,10-12H,4-6,8H2,1-3H3,(H,17,21,22)/t10-,11+,12+/m0/s1. The van der Waals surface area contributed by atoms with E-state index in [0.717, 1.165) is 0 Å². The number of carbonyl (C=O) groups excluding carboxylic acids is 2. The Bertz CT molecular complexity index is 752. The first-order valence-corrected chi connectivity index (χ1v) is 8.18. The van der Waals surface area contributed by atoms with Crippen LogP contribution in [0.3, 0.4) is 0 Å². The average Bonchev–Trinajstić information content (AvgIpc) is 2.98. The van der Waals surface area contributed by atoms with E-state index in [0.29, 0.717) is 5.56 Å². The zero-order chi connectivity index (χ0) is 18.6. The summed E-state index contributed by atoms with van der Waals surface area (Å²) in [6, 6.07) is 0. The van der Waals surface area contributed by atoms with Crippen LogP contribution in [0.4, 0.5) is 0 Å². The summed E-state index contributed by atoms with van der Waals surface area (Å²) in [7, 11) is 0. The monoisotopic (exact) mass is 354 g/mol. The van der Waals surface area contributed by atoms with Gasteiger partial charge in [0.05, 0.1) is 0 Å². The molecule has 1 aromatic rings. The number of hydrogen-bond donors (Lipinski definition) is 1. The van der Waals surface area contributed by atoms with Crippen LogP contribution in [-0.2, 0) is 23.8 Å². The predicted octanol–water partition coefficient (Wildman–Crippen LogP) is 0.408. The number of aromatic nitrogens is 2. The smallest absolute Gasteiger partial charge is 0.330 e. The van der Waals surface area contributed by atoms with E-state index in [9.17, 15) is 19.2 Å². The number of aromatic amines is 1. The van der Waals surface area contributed by atoms with Gasteiger partial charge in [0, 0.05) is 31.0 Å². The Kier molecular flexibility index (Phi) is 6.13. The van der Waals surface area contributed by atoms with Crippen molar-refractivity contribution in [1.82, 2.24) is 9.55 Å². The van der Waals surface area contributed by atoms with Gasteiger partial charge in [-0.1, -0.05) is 13.8 Å². The second kappa shape index (κ2) is 8.11. The lowest BCUT2D eigenvalue weighted by Gasteiger charge is -2.18. The molecule has 25 heavy (non-hydrogen) atoms. The fourth-order valence-corrected chi connectivity index (χ4v) is 2.47. The van der Waals surface area contributed by atoms with Crippen LogP contribution in [0.5, 0.6) is 0 Å². The largest absolute Gasteiger partial charge is 0.463 e. The van der Waals surface area contributed by atoms with Crippen molar-refractivity contribution < 1.29 is 23.8 Å². The van der Waals surface area contributed by atoms with Crippen LogP contribution in [-0.4, -0.2) is 40.3 Å². The highest BCUT2D eigenvalue weighted by atomic mass is 16.6. The molecular formula is C16H22N2O7. The number of esters is 2. The maximum atomic E-state index is 12.0. The van der Waals surface area contributed by atoms with Gasteiger partial charge in [0.15, 0.2) is 0 Å². The fourth-order valence-electron chi connectivity index (χ4n) is 2.47. The SMILES string of the molecule is CCC(=O)OC[C@H]1O[C@@H](n2cc(C)c(=O)[nH]c2=O)C[C@@H]1OC(=O)CC. The van der Waals surface area contributed by atoms with E-state index in [1.165, 1.54) is 10.8 Å². The van der Waals surface area contributed by atoms with Crippen molar-refractivity contribution in [3.8, 4) is 0 Å². The lowest BCUT2D eigenvalue weighted by atomic mass is 10.2. The third kappa shape index (κ3) is 4.56. The topological polar surface area (TPSA) is 117 Å². The summed E-state index contributed by atoms with van der Waals surface area (Å²) in [5.74, 6) is -0.810. The highest BCUT2D eigenvalue weighted by Gasteiger charge is 2.40. The van der Waals surface area contributed by atoms with Crippen LogP contribution in [0.1, 0.15) is 44.9 Å². The summed E-state index contributed by atoms with van der Waals surface area (Å²) >= 11 is 0. The molecule has 0 bridgehead atoms. The molecule has 3 atom stereocenters. The maximum Gasteiger partial charge on any atom is 0.330 e. The molecule has 0 spiro atoms. The molecule has 1 aromatic heterocycles. The molecule has 2 rings (SSSR count). The third-order valence-corrected chi connectivity index (χ3v) is 3.91. The first-order valence-electron chi connectivity index (χ1n) is 8.18. The van der Waals surface area contributed by atoms with E-state index in [1.54, 1.807) is 20.8 Å². The van der Waals surface area contributed by atoms with E-state index < -0.39 is 41.6 Å². The van der Waals surface area contributed by atoms with Gasteiger partial charge in [-0.25, -0.2) is 4.79 Å². The molecule has 0 saturated carbocycles. The summed E-state index contributed by atoms with van der Waals surface area (Å²) in [6.07, 6.45) is -0.0512. The summed E-state index contributed by atoms with van der Waals surface area (Å²) < 4.78 is 17.4. The van der Waals surface area contributed by atoms with Crippen LogP contribution in [0, 0.1) is 6.92 Å². The van der Waals surface area contributed by atoms with Crippen LogP contribution >= 0.6 is 0 Å². The lowest BCUT2D eigenvalue weighted by molar-refractivity contribution is -0.157. The molecule has 1 fully saturated rings. The van der Waals surface area contributed by atoms with E-state index in [4.69, 9.17) is 14.2 Å². The van der Waals surface area contributed by atoms with Crippen molar-refractivity contribution in [2.45, 2.75) is 58.5 Å². The Morgan fingerprint density at radius 2 is 1.96 bits per heavy atom. The summed E-state index contributed by atoms with van der Waals surface area (Å²) in [4.78, 5) is 48.7. The van der Waals surface area contributed by atoms with Crippen LogP contribution < -0.4 is 11.2 Å².